The molecule has 144 valence electrons. The number of halogens is 2. The second-order valence-corrected chi connectivity index (χ2v) is 6.64. The molecule has 1 aromatic heterocycles. The van der Waals surface area contributed by atoms with Crippen LogP contribution in [0.15, 0.2) is 54.7 Å². The van der Waals surface area contributed by atoms with Crippen molar-refractivity contribution >= 4 is 17.5 Å². The molecule has 3 aromatic rings. The number of hydrogen-bond donors (Lipinski definition) is 1. The molecule has 0 atom stereocenters. The van der Waals surface area contributed by atoms with Gasteiger partial charge in [-0.05, 0) is 17.7 Å². The van der Waals surface area contributed by atoms with Crippen molar-refractivity contribution < 1.29 is 8.78 Å². The predicted octanol–water partition coefficient (Wildman–Crippen LogP) is 3.22. The Kier molecular flexibility index (Phi) is 5.38. The Hall–Kier alpha value is -3.13. The van der Waals surface area contributed by atoms with Gasteiger partial charge < -0.3 is 10.2 Å². The second kappa shape index (κ2) is 8.26. The van der Waals surface area contributed by atoms with Gasteiger partial charge in [0.2, 0.25) is 5.95 Å². The van der Waals surface area contributed by atoms with E-state index in [0.29, 0.717) is 11.8 Å². The fourth-order valence-corrected chi connectivity index (χ4v) is 3.16. The highest BCUT2D eigenvalue weighted by Crippen LogP contribution is 2.20. The zero-order chi connectivity index (χ0) is 19.3. The van der Waals surface area contributed by atoms with E-state index in [9.17, 15) is 8.78 Å². The van der Waals surface area contributed by atoms with Gasteiger partial charge >= 0.3 is 0 Å². The molecule has 0 saturated carbocycles. The van der Waals surface area contributed by atoms with Gasteiger partial charge in [0, 0.05) is 38.8 Å². The lowest BCUT2D eigenvalue weighted by Gasteiger charge is -2.34. The van der Waals surface area contributed by atoms with Crippen LogP contribution < -0.4 is 10.2 Å². The lowest BCUT2D eigenvalue weighted by atomic mass is 10.2. The normalized spacial score (nSPS) is 14.9. The van der Waals surface area contributed by atoms with Gasteiger partial charge in [-0.1, -0.05) is 30.3 Å². The topological polar surface area (TPSA) is 57.2 Å². The molecule has 0 amide bonds. The molecule has 2 aromatic carbocycles. The Morgan fingerprint density at radius 1 is 0.964 bits per heavy atom. The SMILES string of the molecule is Fc1ccc(Nc2cnnc(N3CCN(Cc4ccccc4)CC3)n2)c(F)c1. The van der Waals surface area contributed by atoms with Crippen molar-refractivity contribution in [3.63, 3.8) is 0 Å². The molecule has 2 heterocycles. The molecular weight excluding hydrogens is 362 g/mol. The molecule has 4 rings (SSSR count). The van der Waals surface area contributed by atoms with E-state index in [0.717, 1.165) is 38.8 Å². The maximum absolute atomic E-state index is 13.8. The highest BCUT2D eigenvalue weighted by molar-refractivity contribution is 5.57. The summed E-state index contributed by atoms with van der Waals surface area (Å²) in [5.41, 5.74) is 1.43. The van der Waals surface area contributed by atoms with Crippen LogP contribution in [0, 0.1) is 11.6 Å². The fourth-order valence-electron chi connectivity index (χ4n) is 3.16. The summed E-state index contributed by atoms with van der Waals surface area (Å²) in [5, 5.41) is 10.9. The van der Waals surface area contributed by atoms with Gasteiger partial charge in [0.15, 0.2) is 5.82 Å². The van der Waals surface area contributed by atoms with Gasteiger partial charge in [-0.3, -0.25) is 4.90 Å². The van der Waals surface area contributed by atoms with Gasteiger partial charge in [0.1, 0.15) is 11.6 Å². The summed E-state index contributed by atoms with van der Waals surface area (Å²) in [6, 6.07) is 13.7. The predicted molar refractivity (Wildman–Crippen MR) is 103 cm³/mol. The Morgan fingerprint density at radius 3 is 2.50 bits per heavy atom. The number of rotatable bonds is 5. The van der Waals surface area contributed by atoms with Crippen LogP contribution in [-0.4, -0.2) is 46.3 Å². The van der Waals surface area contributed by atoms with E-state index in [1.54, 1.807) is 0 Å². The molecular formula is C20H20F2N6. The molecule has 1 saturated heterocycles. The smallest absolute Gasteiger partial charge is 0.247 e. The lowest BCUT2D eigenvalue weighted by molar-refractivity contribution is 0.248. The number of hydrogen-bond acceptors (Lipinski definition) is 6. The number of nitrogens with zero attached hydrogens (tertiary/aromatic N) is 5. The zero-order valence-electron chi connectivity index (χ0n) is 15.2. The van der Waals surface area contributed by atoms with Gasteiger partial charge in [0.05, 0.1) is 11.9 Å². The van der Waals surface area contributed by atoms with Gasteiger partial charge in [-0.2, -0.15) is 10.1 Å². The maximum Gasteiger partial charge on any atom is 0.247 e. The molecule has 1 aliphatic rings. The lowest BCUT2D eigenvalue weighted by Crippen LogP contribution is -2.46. The summed E-state index contributed by atoms with van der Waals surface area (Å²) in [7, 11) is 0. The van der Waals surface area contributed by atoms with Crippen molar-refractivity contribution in [1.29, 1.82) is 0 Å². The number of aromatic nitrogens is 3. The van der Waals surface area contributed by atoms with E-state index in [1.165, 1.54) is 23.9 Å². The fraction of sp³-hybridized carbons (Fsp3) is 0.250. The average molecular weight is 382 g/mol. The van der Waals surface area contributed by atoms with Crippen LogP contribution in [0.4, 0.5) is 26.2 Å². The van der Waals surface area contributed by atoms with Crippen LogP contribution in [0.3, 0.4) is 0 Å². The Balaban J connectivity index is 1.38. The summed E-state index contributed by atoms with van der Waals surface area (Å²) in [5.74, 6) is -0.457. The number of anilines is 3. The number of benzene rings is 2. The van der Waals surface area contributed by atoms with Crippen molar-refractivity contribution in [1.82, 2.24) is 20.1 Å². The van der Waals surface area contributed by atoms with Crippen molar-refractivity contribution in [2.45, 2.75) is 6.54 Å². The maximum atomic E-state index is 13.8. The summed E-state index contributed by atoms with van der Waals surface area (Å²) < 4.78 is 26.9. The molecule has 0 radical (unpaired) electrons. The molecule has 8 heteroatoms. The van der Waals surface area contributed by atoms with Crippen molar-refractivity contribution in [3.8, 4) is 0 Å². The Bertz CT molecular complexity index is 929. The van der Waals surface area contributed by atoms with Crippen LogP contribution in [0.2, 0.25) is 0 Å². The average Bonchev–Trinajstić information content (AvgIpc) is 2.72. The van der Waals surface area contributed by atoms with Crippen molar-refractivity contribution in [2.24, 2.45) is 0 Å². The van der Waals surface area contributed by atoms with E-state index in [1.807, 2.05) is 18.2 Å². The summed E-state index contributed by atoms with van der Waals surface area (Å²) >= 11 is 0. The van der Waals surface area contributed by atoms with Gasteiger partial charge in [-0.15, -0.1) is 5.10 Å². The van der Waals surface area contributed by atoms with Crippen molar-refractivity contribution in [2.75, 3.05) is 36.4 Å². The highest BCUT2D eigenvalue weighted by atomic mass is 19.1. The second-order valence-electron chi connectivity index (χ2n) is 6.64. The quantitative estimate of drug-likeness (QED) is 0.731. The van der Waals surface area contributed by atoms with E-state index in [-0.39, 0.29) is 5.69 Å². The molecule has 28 heavy (non-hydrogen) atoms. The molecule has 0 bridgehead atoms. The van der Waals surface area contributed by atoms with Crippen LogP contribution in [0.1, 0.15) is 5.56 Å². The molecule has 6 nitrogen and oxygen atoms in total. The molecule has 0 aliphatic carbocycles. The van der Waals surface area contributed by atoms with E-state index >= 15 is 0 Å². The summed E-state index contributed by atoms with van der Waals surface area (Å²) in [6.45, 7) is 4.26. The van der Waals surface area contributed by atoms with Gasteiger partial charge in [-0.25, -0.2) is 8.78 Å². The first kappa shape index (κ1) is 18.2. The van der Waals surface area contributed by atoms with Gasteiger partial charge in [0.25, 0.3) is 0 Å². The third-order valence-electron chi connectivity index (χ3n) is 4.65. The first-order chi connectivity index (χ1) is 13.7. The Labute approximate surface area is 161 Å². The third-order valence-corrected chi connectivity index (χ3v) is 4.65. The molecule has 1 fully saturated rings. The first-order valence-corrected chi connectivity index (χ1v) is 9.10. The zero-order valence-corrected chi connectivity index (χ0v) is 15.2. The van der Waals surface area contributed by atoms with Crippen molar-refractivity contribution in [3.05, 3.63) is 71.9 Å². The standard InChI is InChI=1S/C20H20F2N6/c21-16-6-7-18(17(22)12-16)24-19-13-23-26-20(25-19)28-10-8-27(9-11-28)14-15-4-2-1-3-5-15/h1-7,12-13H,8-11,14H2,(H,24,25,26). The van der Waals surface area contributed by atoms with Crippen LogP contribution in [-0.2, 0) is 6.54 Å². The summed E-state index contributed by atoms with van der Waals surface area (Å²) in [4.78, 5) is 8.87. The minimum absolute atomic E-state index is 0.139. The molecule has 0 spiro atoms. The Morgan fingerprint density at radius 2 is 1.75 bits per heavy atom. The van der Waals surface area contributed by atoms with Crippen LogP contribution in [0.25, 0.3) is 0 Å². The van der Waals surface area contributed by atoms with E-state index in [2.05, 4.69) is 42.4 Å². The largest absolute Gasteiger partial charge is 0.337 e. The van der Waals surface area contributed by atoms with Crippen LogP contribution >= 0.6 is 0 Å². The van der Waals surface area contributed by atoms with Crippen LogP contribution in [0.5, 0.6) is 0 Å². The number of piperazine rings is 1. The van der Waals surface area contributed by atoms with E-state index < -0.39 is 11.6 Å². The first-order valence-electron chi connectivity index (χ1n) is 9.10. The molecule has 1 aliphatic heterocycles. The monoisotopic (exact) mass is 382 g/mol. The minimum atomic E-state index is -0.685. The minimum Gasteiger partial charge on any atom is -0.337 e. The third kappa shape index (κ3) is 4.40. The van der Waals surface area contributed by atoms with E-state index in [4.69, 9.17) is 0 Å². The molecule has 1 N–H and O–H groups in total. The highest BCUT2D eigenvalue weighted by Gasteiger charge is 2.20. The molecule has 0 unspecified atom stereocenters. The number of nitrogens with one attached hydrogen (secondary N) is 1. The summed E-state index contributed by atoms with van der Waals surface area (Å²) in [6.07, 6.45) is 1.41.